The predicted molar refractivity (Wildman–Crippen MR) is 111 cm³/mol. The van der Waals surface area contributed by atoms with Gasteiger partial charge in [0.25, 0.3) is 0 Å². The molecule has 2 N–H and O–H groups in total. The summed E-state index contributed by atoms with van der Waals surface area (Å²) in [5.74, 6) is 1.44. The van der Waals surface area contributed by atoms with Gasteiger partial charge in [0.1, 0.15) is 0 Å². The summed E-state index contributed by atoms with van der Waals surface area (Å²) >= 11 is 0. The van der Waals surface area contributed by atoms with Crippen LogP contribution in [-0.4, -0.2) is 79.0 Å². The first-order valence-corrected chi connectivity index (χ1v) is 9.11. The smallest absolute Gasteiger partial charge is 0.191 e. The van der Waals surface area contributed by atoms with Gasteiger partial charge in [0, 0.05) is 52.5 Å². The third-order valence-electron chi connectivity index (χ3n) is 3.63. The van der Waals surface area contributed by atoms with E-state index in [1.165, 1.54) is 0 Å². The van der Waals surface area contributed by atoms with Crippen LogP contribution in [0, 0.1) is 5.92 Å². The van der Waals surface area contributed by atoms with Gasteiger partial charge in [-0.25, -0.2) is 0 Å². The van der Waals surface area contributed by atoms with Crippen LogP contribution in [0.15, 0.2) is 4.99 Å². The topological polar surface area (TPSA) is 73.3 Å². The van der Waals surface area contributed by atoms with Gasteiger partial charge in [0.2, 0.25) is 0 Å². The van der Waals surface area contributed by atoms with Gasteiger partial charge >= 0.3 is 0 Å². The monoisotopic (exact) mass is 473 g/mol. The fourth-order valence-electron chi connectivity index (χ4n) is 2.29. The minimum absolute atomic E-state index is 0. The fraction of sp³-hybridized carbons (Fsp3) is 0.941. The van der Waals surface area contributed by atoms with Crippen molar-refractivity contribution in [2.45, 2.75) is 26.2 Å². The first-order chi connectivity index (χ1) is 11.9. The molecule has 0 aromatic rings. The lowest BCUT2D eigenvalue weighted by molar-refractivity contribution is 0.0698. The maximum Gasteiger partial charge on any atom is 0.191 e. The maximum absolute atomic E-state index is 5.69. The van der Waals surface area contributed by atoms with Gasteiger partial charge in [-0.05, 0) is 26.2 Å². The molecule has 7 nitrogen and oxygen atoms in total. The number of nitrogens with zero attached hydrogens (tertiary/aromatic N) is 1. The first kappa shape index (κ1) is 24.8. The van der Waals surface area contributed by atoms with Crippen LogP contribution < -0.4 is 10.6 Å². The number of aliphatic imine (C=N–C) groups is 1. The lowest BCUT2D eigenvalue weighted by atomic mass is 10.1. The summed E-state index contributed by atoms with van der Waals surface area (Å²) in [4.78, 5) is 4.56. The highest BCUT2D eigenvalue weighted by atomic mass is 127. The van der Waals surface area contributed by atoms with Crippen LogP contribution in [0.4, 0.5) is 0 Å². The van der Waals surface area contributed by atoms with Gasteiger partial charge in [-0.1, -0.05) is 0 Å². The quantitative estimate of drug-likeness (QED) is 0.173. The SMILES string of the molecule is CCNC(=NCCCOCC1CCOC1)NCCCOCCOC.I. The second-order valence-electron chi connectivity index (χ2n) is 5.80. The number of methoxy groups -OCH3 is 1. The van der Waals surface area contributed by atoms with Gasteiger partial charge < -0.3 is 29.6 Å². The van der Waals surface area contributed by atoms with Crippen LogP contribution in [-0.2, 0) is 18.9 Å². The molecule has 1 aliphatic heterocycles. The molecule has 1 heterocycles. The fourth-order valence-corrected chi connectivity index (χ4v) is 2.29. The Labute approximate surface area is 169 Å². The molecule has 0 amide bonds. The van der Waals surface area contributed by atoms with Crippen LogP contribution in [0.25, 0.3) is 0 Å². The van der Waals surface area contributed by atoms with Crippen LogP contribution in [0.5, 0.6) is 0 Å². The largest absolute Gasteiger partial charge is 0.382 e. The van der Waals surface area contributed by atoms with Crippen molar-refractivity contribution in [3.63, 3.8) is 0 Å². The molecule has 0 aromatic carbocycles. The van der Waals surface area contributed by atoms with E-state index in [4.69, 9.17) is 18.9 Å². The van der Waals surface area contributed by atoms with Crippen LogP contribution >= 0.6 is 24.0 Å². The van der Waals surface area contributed by atoms with Crippen molar-refractivity contribution >= 4 is 29.9 Å². The number of hydrogen-bond donors (Lipinski definition) is 2. The Balaban J connectivity index is 0.00000576. The molecule has 25 heavy (non-hydrogen) atoms. The molecule has 0 aromatic heterocycles. The molecule has 150 valence electrons. The summed E-state index contributed by atoms with van der Waals surface area (Å²) in [6, 6.07) is 0. The Morgan fingerprint density at radius 3 is 2.68 bits per heavy atom. The average molecular weight is 473 g/mol. The van der Waals surface area contributed by atoms with E-state index < -0.39 is 0 Å². The molecule has 1 aliphatic rings. The molecule has 0 radical (unpaired) electrons. The van der Waals surface area contributed by atoms with Crippen molar-refractivity contribution in [3.8, 4) is 0 Å². The lowest BCUT2D eigenvalue weighted by Gasteiger charge is -2.12. The summed E-state index contributed by atoms with van der Waals surface area (Å²) in [5.41, 5.74) is 0. The number of guanidine groups is 1. The van der Waals surface area contributed by atoms with Gasteiger partial charge in [0.15, 0.2) is 5.96 Å². The van der Waals surface area contributed by atoms with E-state index in [1.54, 1.807) is 7.11 Å². The molecule has 0 aliphatic carbocycles. The van der Waals surface area contributed by atoms with E-state index in [9.17, 15) is 0 Å². The van der Waals surface area contributed by atoms with E-state index in [-0.39, 0.29) is 24.0 Å². The lowest BCUT2D eigenvalue weighted by Crippen LogP contribution is -2.38. The van der Waals surface area contributed by atoms with Gasteiger partial charge in [-0.2, -0.15) is 0 Å². The number of rotatable bonds is 14. The normalized spacial score (nSPS) is 17.4. The van der Waals surface area contributed by atoms with Crippen molar-refractivity contribution in [2.24, 2.45) is 10.9 Å². The molecule has 1 atom stereocenters. The first-order valence-electron chi connectivity index (χ1n) is 9.11. The van der Waals surface area contributed by atoms with E-state index in [0.717, 1.165) is 77.9 Å². The molecular formula is C17H36IN3O4. The van der Waals surface area contributed by atoms with Gasteiger partial charge in [-0.3, -0.25) is 4.99 Å². The molecule has 1 fully saturated rings. The second kappa shape index (κ2) is 18.6. The molecule has 0 saturated carbocycles. The zero-order chi connectivity index (χ0) is 17.3. The number of halogens is 1. The Kier molecular flexibility index (Phi) is 18.5. The highest BCUT2D eigenvalue weighted by molar-refractivity contribution is 14.0. The third-order valence-corrected chi connectivity index (χ3v) is 3.63. The zero-order valence-electron chi connectivity index (χ0n) is 15.8. The minimum Gasteiger partial charge on any atom is -0.382 e. The maximum atomic E-state index is 5.69. The van der Waals surface area contributed by atoms with Crippen molar-refractivity contribution in [3.05, 3.63) is 0 Å². The molecule has 1 unspecified atom stereocenters. The summed E-state index contributed by atoms with van der Waals surface area (Å²) in [5, 5.41) is 6.57. The Morgan fingerprint density at radius 2 is 1.96 bits per heavy atom. The number of hydrogen-bond acceptors (Lipinski definition) is 5. The third kappa shape index (κ3) is 14.7. The van der Waals surface area contributed by atoms with E-state index in [0.29, 0.717) is 19.1 Å². The average Bonchev–Trinajstić information content (AvgIpc) is 3.10. The molecule has 1 saturated heterocycles. The van der Waals surface area contributed by atoms with Crippen LogP contribution in [0.3, 0.4) is 0 Å². The molecular weight excluding hydrogens is 437 g/mol. The minimum atomic E-state index is 0. The molecule has 1 rings (SSSR count). The summed E-state index contributed by atoms with van der Waals surface area (Å²) in [7, 11) is 1.68. The van der Waals surface area contributed by atoms with Crippen molar-refractivity contribution in [2.75, 3.05) is 73.0 Å². The standard InChI is InChI=1S/C17H35N3O4.HI/c1-3-18-17(19-7-4-9-22-13-12-21-2)20-8-5-10-23-14-16-6-11-24-15-16;/h16H,3-15H2,1-2H3,(H2,18,19,20);1H. The molecule has 0 bridgehead atoms. The van der Waals surface area contributed by atoms with E-state index >= 15 is 0 Å². The van der Waals surface area contributed by atoms with Crippen LogP contribution in [0.1, 0.15) is 26.2 Å². The zero-order valence-corrected chi connectivity index (χ0v) is 18.1. The molecule has 0 spiro atoms. The summed E-state index contributed by atoms with van der Waals surface area (Å²) < 4.78 is 21.4. The van der Waals surface area contributed by atoms with Crippen molar-refractivity contribution in [1.82, 2.24) is 10.6 Å². The summed E-state index contributed by atoms with van der Waals surface area (Å²) in [6.07, 6.45) is 3.01. The van der Waals surface area contributed by atoms with Crippen molar-refractivity contribution in [1.29, 1.82) is 0 Å². The van der Waals surface area contributed by atoms with Crippen LogP contribution in [0.2, 0.25) is 0 Å². The van der Waals surface area contributed by atoms with Crippen molar-refractivity contribution < 1.29 is 18.9 Å². The van der Waals surface area contributed by atoms with Gasteiger partial charge in [-0.15, -0.1) is 24.0 Å². The van der Waals surface area contributed by atoms with Gasteiger partial charge in [0.05, 0.1) is 26.4 Å². The predicted octanol–water partition coefficient (Wildman–Crippen LogP) is 1.66. The Hall–Kier alpha value is -0.160. The molecule has 8 heteroatoms. The van der Waals surface area contributed by atoms with E-state index in [2.05, 4.69) is 22.5 Å². The van der Waals surface area contributed by atoms with E-state index in [1.807, 2.05) is 0 Å². The highest BCUT2D eigenvalue weighted by Gasteiger charge is 2.15. The Bertz CT molecular complexity index is 316. The number of ether oxygens (including phenoxy) is 4. The highest BCUT2D eigenvalue weighted by Crippen LogP contribution is 2.12. The Morgan fingerprint density at radius 1 is 1.12 bits per heavy atom. The second-order valence-corrected chi connectivity index (χ2v) is 5.80. The summed E-state index contributed by atoms with van der Waals surface area (Å²) in [6.45, 7) is 9.86. The number of nitrogens with one attached hydrogen (secondary N) is 2.